The van der Waals surface area contributed by atoms with E-state index in [2.05, 4.69) is 10.5 Å². The van der Waals surface area contributed by atoms with E-state index in [1.54, 1.807) is 12.1 Å². The number of carbonyl (C=O) groups excluding carboxylic acids is 1. The molecular formula is C16H15ClN2O2S. The molecule has 0 aliphatic carbocycles. The number of hydrogen-bond donors (Lipinski definition) is 1. The first-order valence-corrected chi connectivity index (χ1v) is 8.09. The normalized spacial score (nSPS) is 20.4. The molecule has 1 amide bonds. The molecule has 2 aromatic rings. The van der Waals surface area contributed by atoms with Crippen molar-refractivity contribution in [2.24, 2.45) is 5.16 Å². The van der Waals surface area contributed by atoms with E-state index in [4.69, 9.17) is 16.4 Å². The summed E-state index contributed by atoms with van der Waals surface area (Å²) in [6, 6.07) is 13.3. The summed E-state index contributed by atoms with van der Waals surface area (Å²) in [5, 5.41) is 7.04. The second-order valence-corrected chi connectivity index (χ2v) is 7.12. The highest BCUT2D eigenvalue weighted by Crippen LogP contribution is 2.26. The molecule has 0 spiro atoms. The lowest BCUT2D eigenvalue weighted by atomic mass is 9.96. The molecular weight excluding hydrogens is 320 g/mol. The molecule has 0 radical (unpaired) electrons. The highest BCUT2D eigenvalue weighted by atomic mass is 35.5. The lowest BCUT2D eigenvalue weighted by molar-refractivity contribution is -0.00178. The minimum absolute atomic E-state index is 0.144. The Morgan fingerprint density at radius 1 is 1.36 bits per heavy atom. The zero-order valence-corrected chi connectivity index (χ0v) is 13.6. The van der Waals surface area contributed by atoms with Gasteiger partial charge in [-0.3, -0.25) is 4.79 Å². The van der Waals surface area contributed by atoms with Crippen LogP contribution in [-0.4, -0.2) is 23.8 Å². The van der Waals surface area contributed by atoms with Crippen LogP contribution in [0.25, 0.3) is 0 Å². The summed E-state index contributed by atoms with van der Waals surface area (Å²) in [4.78, 5) is 18.2. The zero-order chi connectivity index (χ0) is 15.6. The van der Waals surface area contributed by atoms with E-state index in [-0.39, 0.29) is 5.91 Å². The molecule has 1 aliphatic rings. The van der Waals surface area contributed by atoms with Crippen LogP contribution < -0.4 is 5.32 Å². The van der Waals surface area contributed by atoms with Crippen LogP contribution in [0.4, 0.5) is 0 Å². The van der Waals surface area contributed by atoms with Crippen molar-refractivity contribution in [2.75, 3.05) is 6.54 Å². The molecule has 1 aliphatic heterocycles. The zero-order valence-electron chi connectivity index (χ0n) is 12.0. The van der Waals surface area contributed by atoms with Crippen LogP contribution in [0.2, 0.25) is 4.34 Å². The number of hydrogen-bond acceptors (Lipinski definition) is 4. The number of rotatable bonds is 4. The van der Waals surface area contributed by atoms with Gasteiger partial charge in [0.25, 0.3) is 5.91 Å². The highest BCUT2D eigenvalue weighted by molar-refractivity contribution is 7.17. The third-order valence-electron chi connectivity index (χ3n) is 3.44. The summed E-state index contributed by atoms with van der Waals surface area (Å²) >= 11 is 7.10. The Balaban J connectivity index is 1.59. The van der Waals surface area contributed by atoms with Gasteiger partial charge in [-0.25, -0.2) is 0 Å². The number of halogens is 1. The van der Waals surface area contributed by atoms with Gasteiger partial charge in [0.2, 0.25) is 0 Å². The van der Waals surface area contributed by atoms with Crippen molar-refractivity contribution in [1.82, 2.24) is 5.32 Å². The van der Waals surface area contributed by atoms with E-state index >= 15 is 0 Å². The molecule has 4 nitrogen and oxygen atoms in total. The van der Waals surface area contributed by atoms with E-state index in [1.807, 2.05) is 37.3 Å². The van der Waals surface area contributed by atoms with Gasteiger partial charge in [0.1, 0.15) is 0 Å². The maximum atomic E-state index is 12.1. The molecule has 114 valence electrons. The van der Waals surface area contributed by atoms with Crippen LogP contribution >= 0.6 is 22.9 Å². The third-order valence-corrected chi connectivity index (χ3v) is 4.67. The first-order valence-electron chi connectivity index (χ1n) is 6.90. The first kappa shape index (κ1) is 15.1. The van der Waals surface area contributed by atoms with Crippen molar-refractivity contribution < 1.29 is 9.63 Å². The number of amides is 1. The van der Waals surface area contributed by atoms with Crippen LogP contribution in [0.3, 0.4) is 0 Å². The van der Waals surface area contributed by atoms with Gasteiger partial charge in [0.05, 0.1) is 21.5 Å². The van der Waals surface area contributed by atoms with Crippen molar-refractivity contribution >= 4 is 34.6 Å². The summed E-state index contributed by atoms with van der Waals surface area (Å²) in [6.07, 6.45) is 0.655. The average molecular weight is 335 g/mol. The number of carbonyl (C=O) groups is 1. The second-order valence-electron chi connectivity index (χ2n) is 5.41. The minimum Gasteiger partial charge on any atom is -0.387 e. The van der Waals surface area contributed by atoms with Gasteiger partial charge in [-0.15, -0.1) is 11.3 Å². The Hall–Kier alpha value is -1.85. The Kier molecular flexibility index (Phi) is 4.18. The van der Waals surface area contributed by atoms with E-state index in [1.165, 1.54) is 11.3 Å². The van der Waals surface area contributed by atoms with Gasteiger partial charge in [0.15, 0.2) is 5.60 Å². The van der Waals surface area contributed by atoms with E-state index in [0.29, 0.717) is 22.2 Å². The van der Waals surface area contributed by atoms with Crippen LogP contribution in [0, 0.1) is 0 Å². The number of benzene rings is 1. The lowest BCUT2D eigenvalue weighted by Gasteiger charge is -2.21. The largest absolute Gasteiger partial charge is 0.387 e. The Labute approximate surface area is 137 Å². The van der Waals surface area contributed by atoms with Crippen molar-refractivity contribution in [3.8, 4) is 0 Å². The minimum atomic E-state index is -0.526. The lowest BCUT2D eigenvalue weighted by Crippen LogP contribution is -2.40. The summed E-state index contributed by atoms with van der Waals surface area (Å²) in [6.45, 7) is 2.33. The molecule has 6 heteroatoms. The first-order chi connectivity index (χ1) is 10.6. The summed E-state index contributed by atoms with van der Waals surface area (Å²) < 4.78 is 0.600. The van der Waals surface area contributed by atoms with Gasteiger partial charge in [-0.1, -0.05) is 47.1 Å². The van der Waals surface area contributed by atoms with Crippen LogP contribution in [0.5, 0.6) is 0 Å². The second kappa shape index (κ2) is 6.10. The fourth-order valence-corrected chi connectivity index (χ4v) is 3.21. The standard InChI is InChI=1S/C16H15ClN2O2S/c1-16(10-18-15(20)13-7-8-14(17)22-13)9-12(19-21-16)11-5-3-2-4-6-11/h2-8H,9-10H2,1H3,(H,18,20). The van der Waals surface area contributed by atoms with E-state index < -0.39 is 5.60 Å². The molecule has 2 heterocycles. The summed E-state index contributed by atoms with van der Waals surface area (Å²) in [7, 11) is 0. The number of oxime groups is 1. The molecule has 1 unspecified atom stereocenters. The van der Waals surface area contributed by atoms with Gasteiger partial charge < -0.3 is 10.2 Å². The quantitative estimate of drug-likeness (QED) is 0.926. The van der Waals surface area contributed by atoms with Crippen molar-refractivity contribution in [1.29, 1.82) is 0 Å². The smallest absolute Gasteiger partial charge is 0.261 e. The molecule has 22 heavy (non-hydrogen) atoms. The molecule has 3 rings (SSSR count). The van der Waals surface area contributed by atoms with Crippen LogP contribution in [0.1, 0.15) is 28.6 Å². The molecule has 0 saturated carbocycles. The Morgan fingerprint density at radius 2 is 2.14 bits per heavy atom. The van der Waals surface area contributed by atoms with Crippen molar-refractivity contribution in [3.05, 3.63) is 57.2 Å². The maximum Gasteiger partial charge on any atom is 0.261 e. The van der Waals surface area contributed by atoms with Crippen LogP contribution in [-0.2, 0) is 4.84 Å². The highest BCUT2D eigenvalue weighted by Gasteiger charge is 2.35. The fourth-order valence-electron chi connectivity index (χ4n) is 2.25. The van der Waals surface area contributed by atoms with Crippen molar-refractivity contribution in [3.63, 3.8) is 0 Å². The third kappa shape index (κ3) is 3.31. The molecule has 0 bridgehead atoms. The summed E-state index contributed by atoms with van der Waals surface area (Å²) in [5.41, 5.74) is 1.42. The molecule has 0 fully saturated rings. The number of thiophene rings is 1. The SMILES string of the molecule is CC1(CNC(=O)c2ccc(Cl)s2)CC(c2ccccc2)=NO1. The molecule has 1 aromatic heterocycles. The topological polar surface area (TPSA) is 50.7 Å². The average Bonchev–Trinajstić information content (AvgIpc) is 3.13. The Bertz CT molecular complexity index is 714. The maximum absolute atomic E-state index is 12.1. The molecule has 0 saturated heterocycles. The van der Waals surface area contributed by atoms with Gasteiger partial charge in [-0.2, -0.15) is 0 Å². The molecule has 1 atom stereocenters. The number of nitrogens with zero attached hydrogens (tertiary/aromatic N) is 1. The van der Waals surface area contributed by atoms with E-state index in [0.717, 1.165) is 11.3 Å². The molecule has 1 aromatic carbocycles. The fraction of sp³-hybridized carbons (Fsp3) is 0.250. The Morgan fingerprint density at radius 3 is 2.82 bits per heavy atom. The van der Waals surface area contributed by atoms with Crippen molar-refractivity contribution in [2.45, 2.75) is 18.9 Å². The van der Waals surface area contributed by atoms with Gasteiger partial charge in [-0.05, 0) is 24.6 Å². The van der Waals surface area contributed by atoms with Crippen LogP contribution in [0.15, 0.2) is 47.6 Å². The predicted molar refractivity (Wildman–Crippen MR) is 88.7 cm³/mol. The predicted octanol–water partition coefficient (Wildman–Crippen LogP) is 3.71. The molecule has 1 N–H and O–H groups in total. The summed E-state index contributed by atoms with van der Waals surface area (Å²) in [5.74, 6) is -0.144. The van der Waals surface area contributed by atoms with Gasteiger partial charge >= 0.3 is 0 Å². The number of nitrogens with one attached hydrogen (secondary N) is 1. The van der Waals surface area contributed by atoms with E-state index in [9.17, 15) is 4.79 Å². The monoisotopic (exact) mass is 334 g/mol. The van der Waals surface area contributed by atoms with Gasteiger partial charge in [0, 0.05) is 6.42 Å².